The van der Waals surface area contributed by atoms with Gasteiger partial charge in [0.1, 0.15) is 12.2 Å². The van der Waals surface area contributed by atoms with Crippen molar-refractivity contribution in [2.45, 2.75) is 45.8 Å². The van der Waals surface area contributed by atoms with E-state index in [0.717, 1.165) is 0 Å². The maximum atomic E-state index is 11.4. The molecule has 1 saturated heterocycles. The number of ether oxygens (including phenoxy) is 2. The van der Waals surface area contributed by atoms with E-state index in [1.807, 2.05) is 0 Å². The molecule has 16 heavy (non-hydrogen) atoms. The van der Waals surface area contributed by atoms with E-state index in [-0.39, 0.29) is 24.5 Å². The van der Waals surface area contributed by atoms with Gasteiger partial charge in [0.05, 0.1) is 12.0 Å². The molecule has 0 spiro atoms. The molecule has 1 aliphatic heterocycles. The molecule has 0 aromatic carbocycles. The number of carbonyl (C=O) groups is 2. The summed E-state index contributed by atoms with van der Waals surface area (Å²) in [4.78, 5) is 22.5. The highest BCUT2D eigenvalue weighted by atomic mass is 16.6. The number of cyclic esters (lactones) is 1. The molecule has 0 unspecified atom stereocenters. The molecule has 1 aliphatic rings. The number of carbonyl (C=O) groups excluding carboxylic acids is 2. The summed E-state index contributed by atoms with van der Waals surface area (Å²) in [6.45, 7) is 7.41. The van der Waals surface area contributed by atoms with Gasteiger partial charge in [-0.05, 0) is 27.2 Å². The van der Waals surface area contributed by atoms with Crippen LogP contribution >= 0.6 is 0 Å². The lowest BCUT2D eigenvalue weighted by molar-refractivity contribution is -0.153. The topological polar surface area (TPSA) is 64.6 Å². The molecule has 5 nitrogen and oxygen atoms in total. The summed E-state index contributed by atoms with van der Waals surface area (Å²) < 4.78 is 10.0. The summed E-state index contributed by atoms with van der Waals surface area (Å²) >= 11 is 0. The van der Waals surface area contributed by atoms with E-state index in [1.54, 1.807) is 27.7 Å². The third-order valence-electron chi connectivity index (χ3n) is 2.19. The van der Waals surface area contributed by atoms with Crippen molar-refractivity contribution in [1.82, 2.24) is 5.32 Å². The largest absolute Gasteiger partial charge is 0.463 e. The Balaban J connectivity index is 2.38. The maximum absolute atomic E-state index is 11.4. The average Bonchev–Trinajstić information content (AvgIpc) is 2.08. The van der Waals surface area contributed by atoms with Gasteiger partial charge in [-0.15, -0.1) is 0 Å². The first-order chi connectivity index (χ1) is 7.28. The number of hydrogen-bond donors (Lipinski definition) is 1. The second-order valence-corrected chi connectivity index (χ2v) is 5.11. The van der Waals surface area contributed by atoms with E-state index >= 15 is 0 Å². The van der Waals surface area contributed by atoms with Gasteiger partial charge >= 0.3 is 12.1 Å². The van der Waals surface area contributed by atoms with Crippen molar-refractivity contribution < 1.29 is 19.1 Å². The summed E-state index contributed by atoms with van der Waals surface area (Å²) in [5.41, 5.74) is -0.513. The Morgan fingerprint density at radius 1 is 1.50 bits per heavy atom. The monoisotopic (exact) mass is 229 g/mol. The molecular formula is C11H19NO4. The van der Waals surface area contributed by atoms with E-state index in [0.29, 0.717) is 6.42 Å². The highest BCUT2D eigenvalue weighted by Gasteiger charge is 2.29. The van der Waals surface area contributed by atoms with Crippen molar-refractivity contribution in [3.63, 3.8) is 0 Å². The van der Waals surface area contributed by atoms with E-state index in [1.165, 1.54) is 0 Å². The summed E-state index contributed by atoms with van der Waals surface area (Å²) in [6, 6.07) is -0.150. The van der Waals surface area contributed by atoms with Crippen LogP contribution in [0.2, 0.25) is 0 Å². The van der Waals surface area contributed by atoms with E-state index in [2.05, 4.69) is 5.32 Å². The first-order valence-corrected chi connectivity index (χ1v) is 5.44. The molecule has 1 rings (SSSR count). The second-order valence-electron chi connectivity index (χ2n) is 5.11. The Morgan fingerprint density at radius 3 is 2.62 bits per heavy atom. The fourth-order valence-electron chi connectivity index (χ4n) is 1.49. The van der Waals surface area contributed by atoms with Gasteiger partial charge in [0.2, 0.25) is 0 Å². The first kappa shape index (κ1) is 12.8. The van der Waals surface area contributed by atoms with E-state index < -0.39 is 11.7 Å². The lowest BCUT2D eigenvalue weighted by atomic mass is 10.0. The Hall–Kier alpha value is -1.26. The first-order valence-electron chi connectivity index (χ1n) is 5.44. The molecule has 0 radical (unpaired) electrons. The predicted octanol–water partition coefficient (Wildman–Crippen LogP) is 1.46. The molecular weight excluding hydrogens is 210 g/mol. The zero-order valence-electron chi connectivity index (χ0n) is 10.2. The minimum absolute atomic E-state index is 0.150. The Morgan fingerprint density at radius 2 is 2.12 bits per heavy atom. The normalized spacial score (nSPS) is 25.9. The van der Waals surface area contributed by atoms with Crippen molar-refractivity contribution >= 4 is 12.1 Å². The number of rotatable bonds is 1. The second kappa shape index (κ2) is 4.72. The molecule has 1 fully saturated rings. The Kier molecular flexibility index (Phi) is 3.78. The average molecular weight is 229 g/mol. The molecule has 1 N–H and O–H groups in total. The molecule has 5 heteroatoms. The van der Waals surface area contributed by atoms with Crippen molar-refractivity contribution in [3.05, 3.63) is 0 Å². The van der Waals surface area contributed by atoms with Crippen LogP contribution in [-0.2, 0) is 14.3 Å². The maximum Gasteiger partial charge on any atom is 0.407 e. The van der Waals surface area contributed by atoms with Crippen molar-refractivity contribution in [2.75, 3.05) is 6.61 Å². The molecule has 0 aliphatic carbocycles. The molecule has 92 valence electrons. The fourth-order valence-corrected chi connectivity index (χ4v) is 1.49. The van der Waals surface area contributed by atoms with Gasteiger partial charge in [0.25, 0.3) is 0 Å². The fraction of sp³-hybridized carbons (Fsp3) is 0.818. The van der Waals surface area contributed by atoms with E-state index in [9.17, 15) is 9.59 Å². The third-order valence-corrected chi connectivity index (χ3v) is 2.19. The quantitative estimate of drug-likeness (QED) is 0.691. The van der Waals surface area contributed by atoms with Gasteiger partial charge in [-0.2, -0.15) is 0 Å². The smallest absolute Gasteiger partial charge is 0.407 e. The van der Waals surface area contributed by atoms with Crippen LogP contribution in [0.3, 0.4) is 0 Å². The Labute approximate surface area is 95.5 Å². The van der Waals surface area contributed by atoms with Crippen LogP contribution in [0.5, 0.6) is 0 Å². The third kappa shape index (κ3) is 4.08. The molecule has 0 saturated carbocycles. The number of hydrogen-bond acceptors (Lipinski definition) is 4. The molecule has 2 atom stereocenters. The highest BCUT2D eigenvalue weighted by molar-refractivity contribution is 5.73. The molecule has 1 heterocycles. The lowest BCUT2D eigenvalue weighted by Crippen LogP contribution is -2.46. The van der Waals surface area contributed by atoms with Crippen molar-refractivity contribution in [2.24, 2.45) is 5.92 Å². The molecule has 0 bridgehead atoms. The van der Waals surface area contributed by atoms with Crippen molar-refractivity contribution in [3.8, 4) is 0 Å². The van der Waals surface area contributed by atoms with Crippen LogP contribution in [0.15, 0.2) is 0 Å². The Bertz CT molecular complexity index is 282. The molecule has 0 aromatic rings. The van der Waals surface area contributed by atoms with Crippen LogP contribution in [0, 0.1) is 5.92 Å². The SMILES string of the molecule is C[C@@H]1C[C@H](NC(=O)OC(C)(C)C)COC1=O. The van der Waals surface area contributed by atoms with Crippen molar-refractivity contribution in [1.29, 1.82) is 0 Å². The van der Waals surface area contributed by atoms with Gasteiger partial charge in [0, 0.05) is 0 Å². The van der Waals surface area contributed by atoms with Gasteiger partial charge in [-0.25, -0.2) is 4.79 Å². The van der Waals surface area contributed by atoms with Gasteiger partial charge in [-0.1, -0.05) is 6.92 Å². The van der Waals surface area contributed by atoms with Gasteiger partial charge < -0.3 is 14.8 Å². The summed E-state index contributed by atoms with van der Waals surface area (Å²) in [7, 11) is 0. The van der Waals surface area contributed by atoms with Crippen LogP contribution in [0.25, 0.3) is 0 Å². The molecule has 0 aromatic heterocycles. The number of alkyl carbamates (subject to hydrolysis) is 1. The van der Waals surface area contributed by atoms with E-state index in [4.69, 9.17) is 9.47 Å². The molecule has 1 amide bonds. The van der Waals surface area contributed by atoms with Gasteiger partial charge in [0.15, 0.2) is 0 Å². The number of esters is 1. The zero-order chi connectivity index (χ0) is 12.3. The minimum Gasteiger partial charge on any atom is -0.463 e. The summed E-state index contributed by atoms with van der Waals surface area (Å²) in [6.07, 6.45) is 0.126. The van der Waals surface area contributed by atoms with Crippen LogP contribution in [0.1, 0.15) is 34.1 Å². The van der Waals surface area contributed by atoms with Crippen LogP contribution in [-0.4, -0.2) is 30.3 Å². The number of nitrogens with one attached hydrogen (secondary N) is 1. The number of amides is 1. The minimum atomic E-state index is -0.513. The highest BCUT2D eigenvalue weighted by Crippen LogP contribution is 2.15. The standard InChI is InChI=1S/C11H19NO4/c1-7-5-8(6-15-9(7)13)12-10(14)16-11(2,3)4/h7-8H,5-6H2,1-4H3,(H,12,14)/t7-,8+/m1/s1. The van der Waals surface area contributed by atoms with Crippen LogP contribution < -0.4 is 5.32 Å². The lowest BCUT2D eigenvalue weighted by Gasteiger charge is -2.28. The predicted molar refractivity (Wildman–Crippen MR) is 57.9 cm³/mol. The van der Waals surface area contributed by atoms with Gasteiger partial charge in [-0.3, -0.25) is 4.79 Å². The summed E-state index contributed by atoms with van der Waals surface area (Å²) in [5, 5.41) is 2.69. The zero-order valence-corrected chi connectivity index (χ0v) is 10.2. The summed E-state index contributed by atoms with van der Waals surface area (Å²) in [5.74, 6) is -0.379. The van der Waals surface area contributed by atoms with Crippen LogP contribution in [0.4, 0.5) is 4.79 Å².